The normalized spacial score (nSPS) is 20.3. The van der Waals surface area contributed by atoms with Crippen LogP contribution in [0.3, 0.4) is 0 Å². The van der Waals surface area contributed by atoms with Gasteiger partial charge in [0.2, 0.25) is 0 Å². The van der Waals surface area contributed by atoms with Gasteiger partial charge in [-0.15, -0.1) is 11.3 Å². The van der Waals surface area contributed by atoms with Crippen molar-refractivity contribution < 1.29 is 23.8 Å². The van der Waals surface area contributed by atoms with Crippen molar-refractivity contribution in [2.75, 3.05) is 6.61 Å². The zero-order chi connectivity index (χ0) is 20.7. The van der Waals surface area contributed by atoms with Crippen molar-refractivity contribution in [3.05, 3.63) is 81.4 Å². The number of thiophene rings is 1. The van der Waals surface area contributed by atoms with Gasteiger partial charge in [-0.3, -0.25) is 9.59 Å². The number of fused-ring (bicyclic) bond motifs is 1. The number of rotatable bonds is 4. The number of benzene rings is 1. The van der Waals surface area contributed by atoms with Gasteiger partial charge in [0, 0.05) is 10.4 Å². The highest BCUT2D eigenvalue weighted by Gasteiger charge is 2.46. The van der Waals surface area contributed by atoms with E-state index in [1.807, 2.05) is 29.6 Å². The molecule has 2 aromatic heterocycles. The summed E-state index contributed by atoms with van der Waals surface area (Å²) in [6, 6.07) is 11.9. The first-order valence-corrected chi connectivity index (χ1v) is 10.6. The van der Waals surface area contributed by atoms with Crippen LogP contribution in [0, 0.1) is 0 Å². The molecule has 2 aliphatic heterocycles. The van der Waals surface area contributed by atoms with Gasteiger partial charge in [-0.25, -0.2) is 0 Å². The lowest BCUT2D eigenvalue weighted by Crippen LogP contribution is -2.28. The van der Waals surface area contributed by atoms with Gasteiger partial charge >= 0.3 is 0 Å². The molecule has 30 heavy (non-hydrogen) atoms. The first-order chi connectivity index (χ1) is 14.6. The van der Waals surface area contributed by atoms with E-state index in [9.17, 15) is 14.7 Å². The molecule has 0 radical (unpaired) electrons. The number of furan rings is 1. The second-order valence-electron chi connectivity index (χ2n) is 7.30. The number of aryl methyl sites for hydroxylation is 1. The highest BCUT2D eigenvalue weighted by molar-refractivity contribution is 7.10. The van der Waals surface area contributed by atoms with E-state index >= 15 is 0 Å². The SMILES string of the molecule is O=C1C(=O)N(Cc2ccco2)C(c2cccs2)/C1=C(/O)c1ccc2c(c1)CCCO2. The number of amides is 1. The number of carbonyl (C=O) groups excluding carboxylic acids is 2. The number of nitrogens with zero attached hydrogens (tertiary/aromatic N) is 1. The zero-order valence-corrected chi connectivity index (χ0v) is 16.9. The van der Waals surface area contributed by atoms with E-state index < -0.39 is 17.7 Å². The fourth-order valence-corrected chi connectivity index (χ4v) is 4.86. The summed E-state index contributed by atoms with van der Waals surface area (Å²) in [6.07, 6.45) is 3.28. The maximum Gasteiger partial charge on any atom is 0.296 e. The number of likely N-dealkylation sites (tertiary alicyclic amines) is 1. The van der Waals surface area contributed by atoms with Gasteiger partial charge in [-0.05, 0) is 60.2 Å². The molecule has 1 fully saturated rings. The Morgan fingerprint density at radius 3 is 2.87 bits per heavy atom. The Morgan fingerprint density at radius 1 is 1.20 bits per heavy atom. The van der Waals surface area contributed by atoms with Crippen LogP contribution in [-0.4, -0.2) is 28.3 Å². The summed E-state index contributed by atoms with van der Waals surface area (Å²) >= 11 is 1.44. The quantitative estimate of drug-likeness (QED) is 0.386. The molecule has 1 unspecified atom stereocenters. The molecule has 0 aliphatic carbocycles. The molecule has 1 aromatic carbocycles. The highest BCUT2D eigenvalue weighted by Crippen LogP contribution is 2.42. The molecule has 6 nitrogen and oxygen atoms in total. The van der Waals surface area contributed by atoms with Crippen LogP contribution in [-0.2, 0) is 22.6 Å². The van der Waals surface area contributed by atoms with Gasteiger partial charge in [0.05, 0.1) is 25.0 Å². The fraction of sp³-hybridized carbons (Fsp3) is 0.217. The fourth-order valence-electron chi connectivity index (χ4n) is 4.02. The minimum atomic E-state index is -0.688. The molecule has 4 heterocycles. The molecule has 152 valence electrons. The lowest BCUT2D eigenvalue weighted by Gasteiger charge is -2.23. The lowest BCUT2D eigenvalue weighted by atomic mass is 9.97. The molecule has 1 N–H and O–H groups in total. The van der Waals surface area contributed by atoms with Gasteiger partial charge in [0.1, 0.15) is 23.3 Å². The Morgan fingerprint density at radius 2 is 2.10 bits per heavy atom. The summed E-state index contributed by atoms with van der Waals surface area (Å²) < 4.78 is 11.0. The average molecular weight is 421 g/mol. The topological polar surface area (TPSA) is 80.0 Å². The van der Waals surface area contributed by atoms with Crippen LogP contribution in [0.5, 0.6) is 5.75 Å². The van der Waals surface area contributed by atoms with Crippen LogP contribution in [0.15, 0.2) is 64.1 Å². The van der Waals surface area contributed by atoms with Crippen molar-refractivity contribution in [2.24, 2.45) is 0 Å². The van der Waals surface area contributed by atoms with Gasteiger partial charge in [-0.2, -0.15) is 0 Å². The predicted octanol–water partition coefficient (Wildman–Crippen LogP) is 4.29. The van der Waals surface area contributed by atoms with E-state index in [-0.39, 0.29) is 17.9 Å². The third kappa shape index (κ3) is 3.11. The third-order valence-electron chi connectivity index (χ3n) is 5.44. The molecular weight excluding hydrogens is 402 g/mol. The average Bonchev–Trinajstić information content (AvgIpc) is 3.52. The number of aliphatic hydroxyl groups excluding tert-OH is 1. The lowest BCUT2D eigenvalue weighted by molar-refractivity contribution is -0.140. The summed E-state index contributed by atoms with van der Waals surface area (Å²) in [5.74, 6) is -0.128. The highest BCUT2D eigenvalue weighted by atomic mass is 32.1. The maximum absolute atomic E-state index is 13.0. The number of hydrogen-bond donors (Lipinski definition) is 1. The number of ether oxygens (including phenoxy) is 1. The molecule has 1 amide bonds. The van der Waals surface area contributed by atoms with Crippen LogP contribution in [0.1, 0.15) is 34.2 Å². The van der Waals surface area contributed by atoms with Crippen LogP contribution in [0.25, 0.3) is 5.76 Å². The van der Waals surface area contributed by atoms with Crippen LogP contribution < -0.4 is 4.74 Å². The number of hydrogen-bond acceptors (Lipinski definition) is 6. The summed E-state index contributed by atoms with van der Waals surface area (Å²) in [5.41, 5.74) is 1.60. The van der Waals surface area contributed by atoms with E-state index in [1.165, 1.54) is 22.5 Å². The molecule has 1 atom stereocenters. The van der Waals surface area contributed by atoms with Gasteiger partial charge in [0.25, 0.3) is 11.7 Å². The van der Waals surface area contributed by atoms with Gasteiger partial charge < -0.3 is 19.2 Å². The van der Waals surface area contributed by atoms with E-state index in [1.54, 1.807) is 18.2 Å². The molecule has 2 aliphatic rings. The molecule has 0 bridgehead atoms. The largest absolute Gasteiger partial charge is 0.507 e. The standard InChI is InChI=1S/C23H19NO5S/c25-21(15-7-8-17-14(12-15)4-1-10-29-17)19-20(18-6-3-11-30-18)24(23(27)22(19)26)13-16-5-2-9-28-16/h2-3,5-9,11-12,20,25H,1,4,10,13H2/b21-19-. The predicted molar refractivity (Wildman–Crippen MR) is 111 cm³/mol. The summed E-state index contributed by atoms with van der Waals surface area (Å²) in [5, 5.41) is 13.0. The van der Waals surface area contributed by atoms with Crippen molar-refractivity contribution in [2.45, 2.75) is 25.4 Å². The van der Waals surface area contributed by atoms with E-state index in [0.29, 0.717) is 17.9 Å². The number of Topliss-reactive ketones (excluding diaryl/α,β-unsaturated/α-hetero) is 1. The number of carbonyl (C=O) groups is 2. The Labute approximate surface area is 177 Å². The Hall–Kier alpha value is -3.32. The van der Waals surface area contributed by atoms with Crippen molar-refractivity contribution in [3.8, 4) is 5.75 Å². The summed E-state index contributed by atoms with van der Waals surface area (Å²) in [7, 11) is 0. The zero-order valence-electron chi connectivity index (χ0n) is 16.0. The minimum absolute atomic E-state index is 0.102. The third-order valence-corrected chi connectivity index (χ3v) is 6.37. The molecule has 0 spiro atoms. The van der Waals surface area contributed by atoms with E-state index in [2.05, 4.69) is 0 Å². The van der Waals surface area contributed by atoms with E-state index in [0.717, 1.165) is 29.0 Å². The van der Waals surface area contributed by atoms with E-state index in [4.69, 9.17) is 9.15 Å². The summed E-state index contributed by atoms with van der Waals surface area (Å²) in [4.78, 5) is 28.2. The Kier molecular flexibility index (Phi) is 4.67. The minimum Gasteiger partial charge on any atom is -0.507 e. The molecular formula is C23H19NO5S. The van der Waals surface area contributed by atoms with Crippen molar-refractivity contribution >= 4 is 28.8 Å². The first kappa shape index (κ1) is 18.7. The van der Waals surface area contributed by atoms with Crippen molar-refractivity contribution in [1.82, 2.24) is 4.90 Å². The first-order valence-electron chi connectivity index (χ1n) is 9.74. The van der Waals surface area contributed by atoms with Crippen LogP contribution >= 0.6 is 11.3 Å². The number of aliphatic hydroxyl groups is 1. The second-order valence-corrected chi connectivity index (χ2v) is 8.28. The smallest absolute Gasteiger partial charge is 0.296 e. The molecule has 3 aromatic rings. The summed E-state index contributed by atoms with van der Waals surface area (Å²) in [6.45, 7) is 0.823. The second kappa shape index (κ2) is 7.50. The van der Waals surface area contributed by atoms with Gasteiger partial charge in [-0.1, -0.05) is 6.07 Å². The monoisotopic (exact) mass is 421 g/mol. The molecule has 7 heteroatoms. The Bertz CT molecular complexity index is 1130. The molecule has 1 saturated heterocycles. The Balaban J connectivity index is 1.61. The number of ketones is 1. The van der Waals surface area contributed by atoms with Crippen molar-refractivity contribution in [1.29, 1.82) is 0 Å². The molecule has 0 saturated carbocycles. The molecule has 5 rings (SSSR count). The van der Waals surface area contributed by atoms with Crippen LogP contribution in [0.4, 0.5) is 0 Å². The maximum atomic E-state index is 13.0. The van der Waals surface area contributed by atoms with Gasteiger partial charge in [0.15, 0.2) is 0 Å². The van der Waals surface area contributed by atoms with Crippen molar-refractivity contribution in [3.63, 3.8) is 0 Å². The van der Waals surface area contributed by atoms with Crippen LogP contribution in [0.2, 0.25) is 0 Å².